The van der Waals surface area contributed by atoms with E-state index in [1.165, 1.54) is 27.8 Å². The maximum atomic E-state index is 3.59. The van der Waals surface area contributed by atoms with Crippen LogP contribution in [0.3, 0.4) is 0 Å². The Kier molecular flexibility index (Phi) is 3.98. The third-order valence-electron chi connectivity index (χ3n) is 3.46. The smallest absolute Gasteiger partial charge is 0.0289 e. The summed E-state index contributed by atoms with van der Waals surface area (Å²) < 4.78 is 0. The number of hydrogen-bond acceptors (Lipinski definition) is 0. The first-order valence-corrected chi connectivity index (χ1v) is 7.81. The largest absolute Gasteiger partial charge is 0.0876 e. The van der Waals surface area contributed by atoms with Gasteiger partial charge in [-0.25, -0.2) is 0 Å². The van der Waals surface area contributed by atoms with Crippen LogP contribution in [0.5, 0.6) is 0 Å². The van der Waals surface area contributed by atoms with Crippen LogP contribution in [0.4, 0.5) is 0 Å². The second kappa shape index (κ2) is 6.06. The molecule has 98 valence electrons. The van der Waals surface area contributed by atoms with E-state index in [1.807, 2.05) is 0 Å². The van der Waals surface area contributed by atoms with Crippen LogP contribution < -0.4 is 0 Å². The Hall–Kier alpha value is -1.86. The van der Waals surface area contributed by atoms with Crippen molar-refractivity contribution in [1.29, 1.82) is 0 Å². The third-order valence-corrected chi connectivity index (χ3v) is 4.07. The van der Waals surface area contributed by atoms with Crippen LogP contribution in [0.15, 0.2) is 78.9 Å². The number of benzene rings is 3. The quantitative estimate of drug-likeness (QED) is 0.525. The molecule has 0 nitrogen and oxygen atoms in total. The molecule has 0 aromatic heterocycles. The fraction of sp³-hybridized carbons (Fsp3) is 0.0526. The molecule has 0 radical (unpaired) electrons. The van der Waals surface area contributed by atoms with Gasteiger partial charge in [-0.05, 0) is 27.8 Å². The van der Waals surface area contributed by atoms with Crippen molar-refractivity contribution in [3.63, 3.8) is 0 Å². The van der Waals surface area contributed by atoms with Gasteiger partial charge >= 0.3 is 0 Å². The Morgan fingerprint density at radius 1 is 0.550 bits per heavy atom. The van der Waals surface area contributed by atoms with Gasteiger partial charge in [0, 0.05) is 5.33 Å². The Morgan fingerprint density at radius 2 is 1.10 bits per heavy atom. The lowest BCUT2D eigenvalue weighted by molar-refractivity contribution is 1.43. The SMILES string of the molecule is BrCc1ccccc1-c1ccccc1-c1ccccc1. The van der Waals surface area contributed by atoms with Crippen molar-refractivity contribution >= 4 is 15.9 Å². The lowest BCUT2D eigenvalue weighted by Crippen LogP contribution is -1.89. The molecule has 0 N–H and O–H groups in total. The molecule has 0 saturated carbocycles. The van der Waals surface area contributed by atoms with Crippen LogP contribution >= 0.6 is 15.9 Å². The normalized spacial score (nSPS) is 10.4. The number of rotatable bonds is 3. The summed E-state index contributed by atoms with van der Waals surface area (Å²) in [5.41, 5.74) is 6.43. The molecule has 0 heterocycles. The maximum absolute atomic E-state index is 3.59. The Balaban J connectivity index is 2.20. The van der Waals surface area contributed by atoms with Crippen molar-refractivity contribution in [2.75, 3.05) is 0 Å². The summed E-state index contributed by atoms with van der Waals surface area (Å²) in [4.78, 5) is 0. The van der Waals surface area contributed by atoms with Crippen LogP contribution in [0, 0.1) is 0 Å². The van der Waals surface area contributed by atoms with Crippen LogP contribution in [-0.2, 0) is 5.33 Å². The predicted octanol–water partition coefficient (Wildman–Crippen LogP) is 5.92. The molecule has 1 heteroatoms. The fourth-order valence-electron chi connectivity index (χ4n) is 2.49. The summed E-state index contributed by atoms with van der Waals surface area (Å²) >= 11 is 3.59. The molecule has 0 unspecified atom stereocenters. The van der Waals surface area contributed by atoms with Gasteiger partial charge in [0.05, 0.1) is 0 Å². The first-order valence-electron chi connectivity index (χ1n) is 6.69. The zero-order valence-electron chi connectivity index (χ0n) is 11.1. The third kappa shape index (κ3) is 2.54. The zero-order chi connectivity index (χ0) is 13.8. The molecular formula is C19H15Br. The Labute approximate surface area is 128 Å². The van der Waals surface area contributed by atoms with E-state index in [1.54, 1.807) is 0 Å². The summed E-state index contributed by atoms with van der Waals surface area (Å²) in [7, 11) is 0. The number of hydrogen-bond donors (Lipinski definition) is 0. The van der Waals surface area contributed by atoms with Crippen molar-refractivity contribution in [2.45, 2.75) is 5.33 Å². The van der Waals surface area contributed by atoms with Gasteiger partial charge in [0.2, 0.25) is 0 Å². The van der Waals surface area contributed by atoms with Gasteiger partial charge in [-0.15, -0.1) is 0 Å². The van der Waals surface area contributed by atoms with E-state index < -0.39 is 0 Å². The van der Waals surface area contributed by atoms with E-state index in [2.05, 4.69) is 94.8 Å². The standard InChI is InChI=1S/C19H15Br/c20-14-16-10-4-5-12-18(16)19-13-7-6-11-17(19)15-8-2-1-3-9-15/h1-13H,14H2. The first-order chi connectivity index (χ1) is 9.90. The number of halogens is 1. The maximum Gasteiger partial charge on any atom is 0.0289 e. The highest BCUT2D eigenvalue weighted by Gasteiger charge is 2.09. The molecule has 0 fully saturated rings. The molecular weight excluding hydrogens is 308 g/mol. The van der Waals surface area contributed by atoms with Crippen LogP contribution in [0.1, 0.15) is 5.56 Å². The molecule has 3 rings (SSSR count). The van der Waals surface area contributed by atoms with Crippen molar-refractivity contribution in [1.82, 2.24) is 0 Å². The lowest BCUT2D eigenvalue weighted by Gasteiger charge is -2.13. The average molecular weight is 323 g/mol. The minimum absolute atomic E-state index is 0.867. The van der Waals surface area contributed by atoms with E-state index in [4.69, 9.17) is 0 Å². The molecule has 0 spiro atoms. The van der Waals surface area contributed by atoms with E-state index in [9.17, 15) is 0 Å². The van der Waals surface area contributed by atoms with Gasteiger partial charge in [-0.2, -0.15) is 0 Å². The molecule has 0 amide bonds. The van der Waals surface area contributed by atoms with E-state index in [0.717, 1.165) is 5.33 Å². The van der Waals surface area contributed by atoms with E-state index >= 15 is 0 Å². The van der Waals surface area contributed by atoms with Crippen LogP contribution in [0.25, 0.3) is 22.3 Å². The highest BCUT2D eigenvalue weighted by Crippen LogP contribution is 2.34. The summed E-state index contributed by atoms with van der Waals surface area (Å²) in [5.74, 6) is 0. The van der Waals surface area contributed by atoms with Gasteiger partial charge in [0.25, 0.3) is 0 Å². The predicted molar refractivity (Wildman–Crippen MR) is 89.9 cm³/mol. The molecule has 20 heavy (non-hydrogen) atoms. The van der Waals surface area contributed by atoms with Gasteiger partial charge in [0.1, 0.15) is 0 Å². The zero-order valence-corrected chi connectivity index (χ0v) is 12.7. The molecule has 3 aromatic rings. The Morgan fingerprint density at radius 3 is 1.80 bits per heavy atom. The molecule has 0 aliphatic heterocycles. The molecule has 0 atom stereocenters. The number of alkyl halides is 1. The summed E-state index contributed by atoms with van der Waals surface area (Å²) in [5, 5.41) is 0.867. The first kappa shape index (κ1) is 13.1. The molecule has 0 aliphatic carbocycles. The minimum atomic E-state index is 0.867. The van der Waals surface area contributed by atoms with Gasteiger partial charge in [-0.1, -0.05) is 94.8 Å². The van der Waals surface area contributed by atoms with E-state index in [0.29, 0.717) is 0 Å². The molecule has 0 bridgehead atoms. The minimum Gasteiger partial charge on any atom is -0.0876 e. The molecule has 3 aromatic carbocycles. The van der Waals surface area contributed by atoms with Gasteiger partial charge in [0.15, 0.2) is 0 Å². The van der Waals surface area contributed by atoms with Gasteiger partial charge < -0.3 is 0 Å². The molecule has 0 aliphatic rings. The van der Waals surface area contributed by atoms with Crippen molar-refractivity contribution in [2.24, 2.45) is 0 Å². The highest BCUT2D eigenvalue weighted by atomic mass is 79.9. The van der Waals surface area contributed by atoms with Gasteiger partial charge in [-0.3, -0.25) is 0 Å². The highest BCUT2D eigenvalue weighted by molar-refractivity contribution is 9.08. The van der Waals surface area contributed by atoms with E-state index in [-0.39, 0.29) is 0 Å². The lowest BCUT2D eigenvalue weighted by atomic mass is 9.92. The average Bonchev–Trinajstić information content (AvgIpc) is 2.55. The van der Waals surface area contributed by atoms with Crippen molar-refractivity contribution < 1.29 is 0 Å². The molecule has 0 saturated heterocycles. The fourth-order valence-corrected chi connectivity index (χ4v) is 2.98. The second-order valence-electron chi connectivity index (χ2n) is 4.70. The summed E-state index contributed by atoms with van der Waals surface area (Å²) in [6.45, 7) is 0. The van der Waals surface area contributed by atoms with Crippen molar-refractivity contribution in [3.8, 4) is 22.3 Å². The topological polar surface area (TPSA) is 0 Å². The van der Waals surface area contributed by atoms with Crippen LogP contribution in [0.2, 0.25) is 0 Å². The monoisotopic (exact) mass is 322 g/mol. The Bertz CT molecular complexity index is 702. The second-order valence-corrected chi connectivity index (χ2v) is 5.26. The van der Waals surface area contributed by atoms with Crippen molar-refractivity contribution in [3.05, 3.63) is 84.4 Å². The summed E-state index contributed by atoms with van der Waals surface area (Å²) in [6.07, 6.45) is 0. The summed E-state index contributed by atoms with van der Waals surface area (Å²) in [6, 6.07) is 27.7. The van der Waals surface area contributed by atoms with Crippen LogP contribution in [-0.4, -0.2) is 0 Å².